The zero-order valence-corrected chi connectivity index (χ0v) is 16.8. The summed E-state index contributed by atoms with van der Waals surface area (Å²) in [6.07, 6.45) is 4.71. The van der Waals surface area contributed by atoms with E-state index in [2.05, 4.69) is 4.74 Å². The van der Waals surface area contributed by atoms with Gasteiger partial charge in [-0.05, 0) is 23.8 Å². The fraction of sp³-hybridized carbons (Fsp3) is 0.174. The van der Waals surface area contributed by atoms with E-state index in [4.69, 9.17) is 14.6 Å². The van der Waals surface area contributed by atoms with Crippen LogP contribution in [0.1, 0.15) is 11.1 Å². The van der Waals surface area contributed by atoms with Crippen LogP contribution in [0.25, 0.3) is 17.3 Å². The molecule has 3 rings (SSSR count). The lowest BCUT2D eigenvalue weighted by Crippen LogP contribution is -2.13. The van der Waals surface area contributed by atoms with Crippen molar-refractivity contribution in [1.29, 1.82) is 0 Å². The molecular weight excluding hydrogens is 384 g/mol. The summed E-state index contributed by atoms with van der Waals surface area (Å²) in [5, 5.41) is 4.71. The van der Waals surface area contributed by atoms with E-state index in [0.29, 0.717) is 23.6 Å². The van der Waals surface area contributed by atoms with E-state index in [1.807, 2.05) is 60.8 Å². The van der Waals surface area contributed by atoms with Crippen LogP contribution in [0.5, 0.6) is 5.75 Å². The number of esters is 2. The third kappa shape index (κ3) is 5.35. The number of rotatable bonds is 8. The monoisotopic (exact) mass is 406 g/mol. The Hall–Kier alpha value is -3.87. The average molecular weight is 406 g/mol. The van der Waals surface area contributed by atoms with Crippen LogP contribution in [0.2, 0.25) is 0 Å². The highest BCUT2D eigenvalue weighted by atomic mass is 16.6. The first kappa shape index (κ1) is 20.9. The first-order valence-electron chi connectivity index (χ1n) is 9.27. The lowest BCUT2D eigenvalue weighted by Gasteiger charge is -2.06. The topological polar surface area (TPSA) is 79.7 Å². The zero-order chi connectivity index (χ0) is 21.3. The molecule has 0 N–H and O–H groups in total. The molecule has 1 aromatic heterocycles. The Morgan fingerprint density at radius 1 is 1.03 bits per heavy atom. The molecule has 30 heavy (non-hydrogen) atoms. The maximum Gasteiger partial charge on any atom is 0.344 e. The van der Waals surface area contributed by atoms with E-state index in [9.17, 15) is 9.59 Å². The van der Waals surface area contributed by atoms with Gasteiger partial charge in [0.1, 0.15) is 11.4 Å². The highest BCUT2D eigenvalue weighted by Crippen LogP contribution is 2.31. The molecule has 0 spiro atoms. The Labute approximate surface area is 174 Å². The molecular formula is C23H22N2O5. The van der Waals surface area contributed by atoms with Crippen molar-refractivity contribution in [2.45, 2.75) is 6.54 Å². The Balaban J connectivity index is 1.90. The molecule has 7 heteroatoms. The highest BCUT2D eigenvalue weighted by Gasteiger charge is 2.14. The van der Waals surface area contributed by atoms with Crippen molar-refractivity contribution in [1.82, 2.24) is 9.78 Å². The van der Waals surface area contributed by atoms with Crippen LogP contribution in [0, 0.1) is 0 Å². The number of para-hydroxylation sites is 1. The molecule has 0 amide bonds. The second-order valence-corrected chi connectivity index (χ2v) is 6.33. The Morgan fingerprint density at radius 2 is 1.77 bits per heavy atom. The quantitative estimate of drug-likeness (QED) is 0.422. The van der Waals surface area contributed by atoms with E-state index in [1.165, 1.54) is 13.2 Å². The van der Waals surface area contributed by atoms with Crippen molar-refractivity contribution in [3.05, 3.63) is 78.0 Å². The van der Waals surface area contributed by atoms with Crippen molar-refractivity contribution in [2.24, 2.45) is 0 Å². The fourth-order valence-corrected chi connectivity index (χ4v) is 2.85. The normalized spacial score (nSPS) is 10.7. The number of ether oxygens (including phenoxy) is 3. The predicted molar refractivity (Wildman–Crippen MR) is 112 cm³/mol. The molecule has 0 saturated carbocycles. The van der Waals surface area contributed by atoms with Crippen LogP contribution in [0.3, 0.4) is 0 Å². The molecule has 2 aromatic carbocycles. The number of nitrogens with zero attached hydrogens (tertiary/aromatic N) is 2. The number of hydrogen-bond acceptors (Lipinski definition) is 6. The maximum absolute atomic E-state index is 11.9. The number of carbonyl (C=O) groups is 2. The first-order chi connectivity index (χ1) is 14.6. The van der Waals surface area contributed by atoms with Crippen LogP contribution in [0.15, 0.2) is 66.9 Å². The molecule has 0 unspecified atom stereocenters. The number of hydrogen-bond donors (Lipinski definition) is 0. The molecule has 0 aliphatic carbocycles. The van der Waals surface area contributed by atoms with Crippen molar-refractivity contribution >= 4 is 18.0 Å². The zero-order valence-electron chi connectivity index (χ0n) is 16.8. The molecule has 0 bridgehead atoms. The molecule has 154 valence electrons. The lowest BCUT2D eigenvalue weighted by molar-refractivity contribution is -0.154. The van der Waals surface area contributed by atoms with Crippen molar-refractivity contribution < 1.29 is 23.8 Å². The minimum atomic E-state index is -0.651. The average Bonchev–Trinajstić information content (AvgIpc) is 3.18. The minimum absolute atomic E-state index is 0.438. The predicted octanol–water partition coefficient (Wildman–Crippen LogP) is 3.34. The summed E-state index contributed by atoms with van der Waals surface area (Å²) in [5.74, 6) is -0.602. The van der Waals surface area contributed by atoms with E-state index in [0.717, 1.165) is 11.1 Å². The Morgan fingerprint density at radius 3 is 2.50 bits per heavy atom. The van der Waals surface area contributed by atoms with Gasteiger partial charge in [0.05, 0.1) is 20.8 Å². The molecule has 0 fully saturated rings. The van der Waals surface area contributed by atoms with E-state index in [-0.39, 0.29) is 0 Å². The molecule has 0 saturated heterocycles. The van der Waals surface area contributed by atoms with Crippen LogP contribution in [0.4, 0.5) is 0 Å². The van der Waals surface area contributed by atoms with Crippen LogP contribution < -0.4 is 4.74 Å². The van der Waals surface area contributed by atoms with Gasteiger partial charge in [0.2, 0.25) is 0 Å². The summed E-state index contributed by atoms with van der Waals surface area (Å²) in [7, 11) is 2.83. The summed E-state index contributed by atoms with van der Waals surface area (Å²) >= 11 is 0. The minimum Gasteiger partial charge on any atom is -0.496 e. The van der Waals surface area contributed by atoms with Gasteiger partial charge in [-0.1, -0.05) is 42.5 Å². The summed E-state index contributed by atoms with van der Waals surface area (Å²) in [4.78, 5) is 23.1. The van der Waals surface area contributed by atoms with Gasteiger partial charge < -0.3 is 14.2 Å². The van der Waals surface area contributed by atoms with Crippen LogP contribution >= 0.6 is 0 Å². The van der Waals surface area contributed by atoms with Gasteiger partial charge in [0.25, 0.3) is 0 Å². The second kappa shape index (κ2) is 10.1. The van der Waals surface area contributed by atoms with Crippen molar-refractivity contribution in [3.8, 4) is 17.0 Å². The Kier molecular flexibility index (Phi) is 7.00. The molecule has 0 aliphatic heterocycles. The van der Waals surface area contributed by atoms with Crippen LogP contribution in [-0.4, -0.2) is 42.5 Å². The molecule has 7 nitrogen and oxygen atoms in total. The van der Waals surface area contributed by atoms with Crippen molar-refractivity contribution in [3.63, 3.8) is 0 Å². The van der Waals surface area contributed by atoms with Gasteiger partial charge in [-0.15, -0.1) is 0 Å². The molecule has 0 radical (unpaired) electrons. The molecule has 3 aromatic rings. The van der Waals surface area contributed by atoms with Crippen molar-refractivity contribution in [2.75, 3.05) is 20.8 Å². The number of methoxy groups -OCH3 is 2. The largest absolute Gasteiger partial charge is 0.496 e. The maximum atomic E-state index is 11.9. The van der Waals surface area contributed by atoms with Gasteiger partial charge >= 0.3 is 11.9 Å². The number of aromatic nitrogens is 2. The van der Waals surface area contributed by atoms with Gasteiger partial charge in [0, 0.05) is 23.4 Å². The van der Waals surface area contributed by atoms with Gasteiger partial charge in [-0.3, -0.25) is 4.68 Å². The summed E-state index contributed by atoms with van der Waals surface area (Å²) in [5.41, 5.74) is 3.28. The number of carbonyl (C=O) groups excluding carboxylic acids is 2. The van der Waals surface area contributed by atoms with Gasteiger partial charge in [-0.25, -0.2) is 9.59 Å². The van der Waals surface area contributed by atoms with Gasteiger partial charge in [0.15, 0.2) is 6.61 Å². The standard InChI is InChI=1S/C23H22N2O5/c1-28-20-11-7-6-10-19(20)23-18(12-13-21(26)30-16-22(27)29-2)15-25(24-23)14-17-8-4-3-5-9-17/h3-13,15H,14,16H2,1-2H3. The van der Waals surface area contributed by atoms with E-state index in [1.54, 1.807) is 17.9 Å². The first-order valence-corrected chi connectivity index (χ1v) is 9.27. The lowest BCUT2D eigenvalue weighted by atomic mass is 10.1. The smallest absolute Gasteiger partial charge is 0.344 e. The highest BCUT2D eigenvalue weighted by molar-refractivity contribution is 5.90. The second-order valence-electron chi connectivity index (χ2n) is 6.33. The summed E-state index contributed by atoms with van der Waals surface area (Å²) in [6, 6.07) is 17.5. The fourth-order valence-electron chi connectivity index (χ4n) is 2.85. The SMILES string of the molecule is COC(=O)COC(=O)C=Cc1cn(Cc2ccccc2)nc1-c1ccccc1OC. The van der Waals surface area contributed by atoms with E-state index >= 15 is 0 Å². The van der Waals surface area contributed by atoms with Crippen LogP contribution in [-0.2, 0) is 25.6 Å². The summed E-state index contributed by atoms with van der Waals surface area (Å²) < 4.78 is 16.6. The van der Waals surface area contributed by atoms with E-state index < -0.39 is 18.5 Å². The number of benzene rings is 2. The molecule has 1 heterocycles. The van der Waals surface area contributed by atoms with Gasteiger partial charge in [-0.2, -0.15) is 5.10 Å². The third-order valence-electron chi connectivity index (χ3n) is 4.30. The summed E-state index contributed by atoms with van der Waals surface area (Å²) in [6.45, 7) is 0.135. The molecule has 0 atom stereocenters. The Bertz CT molecular complexity index is 1040. The molecule has 0 aliphatic rings. The third-order valence-corrected chi connectivity index (χ3v) is 4.30.